The molecule has 3 aromatic rings. The van der Waals surface area contributed by atoms with Crippen molar-refractivity contribution in [2.24, 2.45) is 0 Å². The maximum atomic E-state index is 14.8. The van der Waals surface area contributed by atoms with Gasteiger partial charge in [0.25, 0.3) is 0 Å². The van der Waals surface area contributed by atoms with Gasteiger partial charge in [0, 0.05) is 47.7 Å². The Bertz CT molecular complexity index is 1320. The Hall–Kier alpha value is -3.50. The van der Waals surface area contributed by atoms with Gasteiger partial charge in [-0.15, -0.1) is 0 Å². The second kappa shape index (κ2) is 8.13. The topological polar surface area (TPSA) is 73.1 Å². The van der Waals surface area contributed by atoms with Crippen molar-refractivity contribution in [2.75, 3.05) is 31.1 Å². The SMILES string of the molecule is C=CC(=O)N1CCN(c2ncnc3cc(-c4cc(C5(C#N)CC5)ccc4F)c(Cl)cc23)CC1. The van der Waals surface area contributed by atoms with Gasteiger partial charge in [0.2, 0.25) is 5.91 Å². The second-order valence-corrected chi connectivity index (χ2v) is 8.86. The highest BCUT2D eigenvalue weighted by Crippen LogP contribution is 2.49. The number of rotatable bonds is 4. The number of carbonyl (C=O) groups is 1. The number of amides is 1. The van der Waals surface area contributed by atoms with E-state index in [1.165, 1.54) is 18.5 Å². The summed E-state index contributed by atoms with van der Waals surface area (Å²) < 4.78 is 14.8. The highest BCUT2D eigenvalue weighted by molar-refractivity contribution is 6.34. The number of piperazine rings is 1. The summed E-state index contributed by atoms with van der Waals surface area (Å²) in [5, 5.41) is 10.7. The van der Waals surface area contributed by atoms with Crippen LogP contribution < -0.4 is 4.90 Å². The molecule has 8 heteroatoms. The molecule has 2 aliphatic rings. The van der Waals surface area contributed by atoms with E-state index in [4.69, 9.17) is 11.6 Å². The number of carbonyl (C=O) groups excluding carboxylic acids is 1. The van der Waals surface area contributed by atoms with Gasteiger partial charge in [-0.3, -0.25) is 4.79 Å². The fourth-order valence-corrected chi connectivity index (χ4v) is 4.67. The number of benzene rings is 2. The van der Waals surface area contributed by atoms with Crippen molar-refractivity contribution in [1.82, 2.24) is 14.9 Å². The van der Waals surface area contributed by atoms with Crippen LogP contribution in [0.25, 0.3) is 22.0 Å². The summed E-state index contributed by atoms with van der Waals surface area (Å²) in [5.41, 5.74) is 1.83. The number of aromatic nitrogens is 2. The number of hydrogen-bond donors (Lipinski definition) is 0. The number of nitriles is 1. The van der Waals surface area contributed by atoms with E-state index < -0.39 is 11.2 Å². The van der Waals surface area contributed by atoms with Gasteiger partial charge in [-0.05, 0) is 48.7 Å². The standard InChI is InChI=1S/C25H21ClFN5O/c1-2-23(33)31-7-9-32(10-8-31)24-19-12-20(26)17(13-22(19)29-15-30-24)18-11-16(3-4-21(18)27)25(14-28)5-6-25/h2-4,11-13,15H,1,5-10H2. The zero-order chi connectivity index (χ0) is 23.2. The summed E-state index contributed by atoms with van der Waals surface area (Å²) in [6.07, 6.45) is 4.37. The van der Waals surface area contributed by atoms with E-state index in [-0.39, 0.29) is 5.91 Å². The molecule has 1 saturated carbocycles. The van der Waals surface area contributed by atoms with Crippen LogP contribution in [0.4, 0.5) is 10.2 Å². The zero-order valence-electron chi connectivity index (χ0n) is 17.9. The lowest BCUT2D eigenvalue weighted by Crippen LogP contribution is -2.48. The van der Waals surface area contributed by atoms with Crippen LogP contribution in [0.15, 0.2) is 49.3 Å². The lowest BCUT2D eigenvalue weighted by molar-refractivity contribution is -0.126. The molecule has 6 nitrogen and oxygen atoms in total. The molecule has 0 bridgehead atoms. The molecule has 0 radical (unpaired) electrons. The summed E-state index contributed by atoms with van der Waals surface area (Å²) in [7, 11) is 0. The Kier molecular flexibility index (Phi) is 5.26. The van der Waals surface area contributed by atoms with Gasteiger partial charge in [0.05, 0.1) is 17.0 Å². The molecule has 166 valence electrons. The third kappa shape index (κ3) is 3.70. The lowest BCUT2D eigenvalue weighted by Gasteiger charge is -2.35. The number of fused-ring (bicyclic) bond motifs is 1. The van der Waals surface area contributed by atoms with Gasteiger partial charge in [-0.2, -0.15) is 5.26 Å². The Morgan fingerprint density at radius 3 is 2.58 bits per heavy atom. The van der Waals surface area contributed by atoms with Crippen molar-refractivity contribution >= 4 is 34.2 Å². The van der Waals surface area contributed by atoms with Gasteiger partial charge in [-0.25, -0.2) is 14.4 Å². The van der Waals surface area contributed by atoms with Crippen LogP contribution in [0.1, 0.15) is 18.4 Å². The minimum Gasteiger partial charge on any atom is -0.352 e. The van der Waals surface area contributed by atoms with Gasteiger partial charge in [0.15, 0.2) is 0 Å². The first kappa shape index (κ1) is 21.4. The van der Waals surface area contributed by atoms with Crippen molar-refractivity contribution in [3.8, 4) is 17.2 Å². The van der Waals surface area contributed by atoms with Crippen LogP contribution in [-0.4, -0.2) is 47.0 Å². The lowest BCUT2D eigenvalue weighted by atomic mass is 9.93. The van der Waals surface area contributed by atoms with Crippen molar-refractivity contribution in [3.05, 3.63) is 65.7 Å². The Morgan fingerprint density at radius 1 is 1.15 bits per heavy atom. The quantitative estimate of drug-likeness (QED) is 0.535. The summed E-state index contributed by atoms with van der Waals surface area (Å²) in [4.78, 5) is 24.6. The molecule has 0 N–H and O–H groups in total. The van der Waals surface area contributed by atoms with Gasteiger partial charge < -0.3 is 9.80 Å². The average Bonchev–Trinajstić information content (AvgIpc) is 3.65. The molecule has 2 aromatic carbocycles. The first-order valence-corrected chi connectivity index (χ1v) is 11.2. The van der Waals surface area contributed by atoms with E-state index in [0.717, 1.165) is 29.6 Å². The van der Waals surface area contributed by atoms with Crippen molar-refractivity contribution < 1.29 is 9.18 Å². The summed E-state index contributed by atoms with van der Waals surface area (Å²) >= 11 is 6.65. The van der Waals surface area contributed by atoms with Gasteiger partial charge >= 0.3 is 0 Å². The normalized spacial score (nSPS) is 17.0. The smallest absolute Gasteiger partial charge is 0.246 e. The number of halogens is 2. The number of nitrogens with zero attached hydrogens (tertiary/aromatic N) is 5. The van der Waals surface area contributed by atoms with Crippen molar-refractivity contribution in [2.45, 2.75) is 18.3 Å². The predicted octanol–water partition coefficient (Wildman–Crippen LogP) is 4.48. The first-order chi connectivity index (χ1) is 16.0. The van der Waals surface area contributed by atoms with Crippen LogP contribution in [-0.2, 0) is 10.2 Å². The minimum absolute atomic E-state index is 0.0801. The molecule has 0 spiro atoms. The summed E-state index contributed by atoms with van der Waals surface area (Å²) in [5.74, 6) is 0.254. The van der Waals surface area contributed by atoms with E-state index in [1.807, 2.05) is 0 Å². The van der Waals surface area contributed by atoms with Gasteiger partial charge in [-0.1, -0.05) is 24.2 Å². The minimum atomic E-state index is -0.518. The molecule has 1 aliphatic heterocycles. The van der Waals surface area contributed by atoms with Crippen LogP contribution in [0.3, 0.4) is 0 Å². The fourth-order valence-electron chi connectivity index (χ4n) is 4.41. The molecule has 1 saturated heterocycles. The fraction of sp³-hybridized carbons (Fsp3) is 0.280. The van der Waals surface area contributed by atoms with E-state index in [1.54, 1.807) is 29.2 Å². The molecule has 0 unspecified atom stereocenters. The van der Waals surface area contributed by atoms with Crippen LogP contribution in [0, 0.1) is 17.1 Å². The molecule has 1 aliphatic carbocycles. The Balaban J connectivity index is 1.52. The first-order valence-electron chi connectivity index (χ1n) is 10.8. The number of anilines is 1. The predicted molar refractivity (Wildman–Crippen MR) is 125 cm³/mol. The molecular formula is C25H21ClFN5O. The highest BCUT2D eigenvalue weighted by Gasteiger charge is 2.45. The van der Waals surface area contributed by atoms with Crippen molar-refractivity contribution in [1.29, 1.82) is 5.26 Å². The van der Waals surface area contributed by atoms with E-state index in [2.05, 4.69) is 27.5 Å². The van der Waals surface area contributed by atoms with Crippen LogP contribution >= 0.6 is 11.6 Å². The largest absolute Gasteiger partial charge is 0.352 e. The Labute approximate surface area is 195 Å². The molecule has 2 heterocycles. The monoisotopic (exact) mass is 461 g/mol. The summed E-state index contributed by atoms with van der Waals surface area (Å²) in [6.45, 7) is 5.93. The molecule has 5 rings (SSSR count). The maximum absolute atomic E-state index is 14.8. The zero-order valence-corrected chi connectivity index (χ0v) is 18.6. The van der Waals surface area contributed by atoms with E-state index >= 15 is 0 Å². The summed E-state index contributed by atoms with van der Waals surface area (Å²) in [6, 6.07) is 10.7. The highest BCUT2D eigenvalue weighted by atomic mass is 35.5. The van der Waals surface area contributed by atoms with E-state index in [9.17, 15) is 14.4 Å². The van der Waals surface area contributed by atoms with Crippen molar-refractivity contribution in [3.63, 3.8) is 0 Å². The van der Waals surface area contributed by atoms with E-state index in [0.29, 0.717) is 47.8 Å². The Morgan fingerprint density at radius 2 is 1.91 bits per heavy atom. The molecule has 33 heavy (non-hydrogen) atoms. The molecule has 1 amide bonds. The van der Waals surface area contributed by atoms with Crippen LogP contribution in [0.2, 0.25) is 5.02 Å². The number of hydrogen-bond acceptors (Lipinski definition) is 5. The molecule has 2 fully saturated rings. The van der Waals surface area contributed by atoms with Crippen LogP contribution in [0.5, 0.6) is 0 Å². The molecule has 1 aromatic heterocycles. The maximum Gasteiger partial charge on any atom is 0.246 e. The average molecular weight is 462 g/mol. The molecule has 0 atom stereocenters. The second-order valence-electron chi connectivity index (χ2n) is 8.45. The third-order valence-corrected chi connectivity index (χ3v) is 6.85. The molecular weight excluding hydrogens is 441 g/mol. The third-order valence-electron chi connectivity index (χ3n) is 6.54. The van der Waals surface area contributed by atoms with Gasteiger partial charge in [0.1, 0.15) is 18.0 Å².